The second-order valence-electron chi connectivity index (χ2n) is 8.67. The summed E-state index contributed by atoms with van der Waals surface area (Å²) in [4.78, 5) is 28.0. The van der Waals surface area contributed by atoms with Gasteiger partial charge in [-0.15, -0.1) is 0 Å². The highest BCUT2D eigenvalue weighted by atomic mass is 32.2. The van der Waals surface area contributed by atoms with Gasteiger partial charge in [-0.1, -0.05) is 19.1 Å². The first-order valence-electron chi connectivity index (χ1n) is 11.9. The molecule has 204 valence electrons. The number of anilines is 1. The van der Waals surface area contributed by atoms with E-state index in [4.69, 9.17) is 14.2 Å². The van der Waals surface area contributed by atoms with Crippen molar-refractivity contribution < 1.29 is 32.2 Å². The third-order valence-corrected chi connectivity index (χ3v) is 7.14. The number of benzene rings is 2. The van der Waals surface area contributed by atoms with Crippen molar-refractivity contribution in [2.24, 2.45) is 0 Å². The molecule has 11 heteroatoms. The zero-order valence-electron chi connectivity index (χ0n) is 22.5. The highest BCUT2D eigenvalue weighted by Gasteiger charge is 2.31. The Morgan fingerprint density at radius 1 is 0.946 bits per heavy atom. The van der Waals surface area contributed by atoms with Crippen LogP contribution in [-0.4, -0.2) is 71.3 Å². The first-order valence-corrected chi connectivity index (χ1v) is 13.7. The normalized spacial score (nSPS) is 12.7. The van der Waals surface area contributed by atoms with E-state index in [1.165, 1.54) is 31.3 Å². The van der Waals surface area contributed by atoms with Gasteiger partial charge in [-0.25, -0.2) is 8.42 Å². The average molecular weight is 536 g/mol. The number of nitrogens with zero attached hydrogens (tertiary/aromatic N) is 2. The summed E-state index contributed by atoms with van der Waals surface area (Å²) in [5, 5.41) is 2.90. The van der Waals surface area contributed by atoms with Crippen molar-refractivity contribution in [2.45, 2.75) is 45.8 Å². The Bertz CT molecular complexity index is 1170. The lowest BCUT2D eigenvalue weighted by Gasteiger charge is -2.32. The second-order valence-corrected chi connectivity index (χ2v) is 10.6. The predicted octanol–water partition coefficient (Wildman–Crippen LogP) is 2.81. The Hall–Kier alpha value is -3.47. The third kappa shape index (κ3) is 8.01. The minimum absolute atomic E-state index is 0.0797. The van der Waals surface area contributed by atoms with E-state index >= 15 is 0 Å². The fourth-order valence-corrected chi connectivity index (χ4v) is 4.41. The lowest BCUT2D eigenvalue weighted by Crippen LogP contribution is -2.52. The summed E-state index contributed by atoms with van der Waals surface area (Å²) in [6.07, 6.45) is 1.74. The van der Waals surface area contributed by atoms with Crippen LogP contribution in [0.15, 0.2) is 42.5 Å². The molecule has 0 aliphatic heterocycles. The van der Waals surface area contributed by atoms with Crippen LogP contribution in [0.2, 0.25) is 0 Å². The molecule has 2 aromatic carbocycles. The van der Waals surface area contributed by atoms with Crippen molar-refractivity contribution in [1.29, 1.82) is 0 Å². The predicted molar refractivity (Wildman–Crippen MR) is 143 cm³/mol. The zero-order valence-corrected chi connectivity index (χ0v) is 23.3. The van der Waals surface area contributed by atoms with E-state index in [0.29, 0.717) is 11.5 Å². The molecule has 10 nitrogen and oxygen atoms in total. The summed E-state index contributed by atoms with van der Waals surface area (Å²) < 4.78 is 42.4. The van der Waals surface area contributed by atoms with E-state index < -0.39 is 28.5 Å². The first-order chi connectivity index (χ1) is 17.4. The van der Waals surface area contributed by atoms with Crippen LogP contribution in [0, 0.1) is 0 Å². The molecule has 0 radical (unpaired) electrons. The quantitative estimate of drug-likeness (QED) is 0.419. The molecule has 1 N–H and O–H groups in total. The van der Waals surface area contributed by atoms with Gasteiger partial charge < -0.3 is 24.4 Å². The number of hydrogen-bond donors (Lipinski definition) is 1. The molecular weight excluding hydrogens is 498 g/mol. The number of sulfonamides is 1. The molecule has 0 heterocycles. The lowest BCUT2D eigenvalue weighted by atomic mass is 10.1. The number of amides is 2. The molecule has 2 atom stereocenters. The van der Waals surface area contributed by atoms with Crippen molar-refractivity contribution >= 4 is 27.5 Å². The largest absolute Gasteiger partial charge is 0.497 e. The molecule has 0 fully saturated rings. The van der Waals surface area contributed by atoms with Crippen LogP contribution in [0.3, 0.4) is 0 Å². The second kappa shape index (κ2) is 13.2. The molecule has 0 spiro atoms. The summed E-state index contributed by atoms with van der Waals surface area (Å²) in [7, 11) is 0.535. The van der Waals surface area contributed by atoms with Crippen molar-refractivity contribution in [3.8, 4) is 17.2 Å². The summed E-state index contributed by atoms with van der Waals surface area (Å²) >= 11 is 0. The SMILES string of the molecule is CC[C@@H](C)NC(=O)[C@H](C)N(Cc1ccc(OC)cc1)C(=O)CN(c1ccc(OC)cc1OC)S(C)(=O)=O. The van der Waals surface area contributed by atoms with Gasteiger partial charge in [0, 0.05) is 18.7 Å². The monoisotopic (exact) mass is 535 g/mol. The highest BCUT2D eigenvalue weighted by Crippen LogP contribution is 2.33. The molecule has 0 saturated carbocycles. The number of carbonyl (C=O) groups is 2. The van der Waals surface area contributed by atoms with E-state index in [1.807, 2.05) is 13.8 Å². The summed E-state index contributed by atoms with van der Waals surface area (Å²) in [5.41, 5.74) is 0.936. The van der Waals surface area contributed by atoms with Crippen LogP contribution in [0.5, 0.6) is 17.2 Å². The molecule has 0 saturated heterocycles. The minimum atomic E-state index is -3.90. The van der Waals surface area contributed by atoms with Crippen molar-refractivity contribution in [2.75, 3.05) is 38.4 Å². The summed E-state index contributed by atoms with van der Waals surface area (Å²) in [6, 6.07) is 10.8. The van der Waals surface area contributed by atoms with Crippen LogP contribution in [0.1, 0.15) is 32.8 Å². The van der Waals surface area contributed by atoms with Gasteiger partial charge in [0.15, 0.2) is 0 Å². The zero-order chi connectivity index (χ0) is 27.8. The van der Waals surface area contributed by atoms with Crippen LogP contribution in [0.25, 0.3) is 0 Å². The van der Waals surface area contributed by atoms with Crippen molar-refractivity contribution in [3.05, 3.63) is 48.0 Å². The van der Waals surface area contributed by atoms with Crippen LogP contribution >= 0.6 is 0 Å². The van der Waals surface area contributed by atoms with Crippen LogP contribution in [0.4, 0.5) is 5.69 Å². The smallest absolute Gasteiger partial charge is 0.244 e. The Balaban J connectivity index is 2.45. The van der Waals surface area contributed by atoms with Crippen molar-refractivity contribution in [3.63, 3.8) is 0 Å². The van der Waals surface area contributed by atoms with E-state index in [0.717, 1.165) is 22.5 Å². The Morgan fingerprint density at radius 3 is 2.05 bits per heavy atom. The van der Waals surface area contributed by atoms with E-state index in [-0.39, 0.29) is 29.9 Å². The molecule has 2 aromatic rings. The first kappa shape index (κ1) is 29.8. The van der Waals surface area contributed by atoms with E-state index in [2.05, 4.69) is 5.32 Å². The number of nitrogens with one attached hydrogen (secondary N) is 1. The van der Waals surface area contributed by atoms with Gasteiger partial charge in [0.05, 0.1) is 33.3 Å². The molecule has 37 heavy (non-hydrogen) atoms. The number of ether oxygens (including phenoxy) is 3. The maximum Gasteiger partial charge on any atom is 0.244 e. The van der Waals surface area contributed by atoms with E-state index in [9.17, 15) is 18.0 Å². The number of rotatable bonds is 13. The Labute approximate surface area is 219 Å². The minimum Gasteiger partial charge on any atom is -0.497 e. The number of carbonyl (C=O) groups excluding carboxylic acids is 2. The summed E-state index contributed by atoms with van der Waals surface area (Å²) in [5.74, 6) is 0.466. The van der Waals surface area contributed by atoms with Gasteiger partial charge in [-0.3, -0.25) is 13.9 Å². The van der Waals surface area contributed by atoms with Gasteiger partial charge in [-0.2, -0.15) is 0 Å². The highest BCUT2D eigenvalue weighted by molar-refractivity contribution is 7.92. The molecule has 0 aliphatic rings. The summed E-state index contributed by atoms with van der Waals surface area (Å²) in [6.45, 7) is 5.01. The van der Waals surface area contributed by atoms with Gasteiger partial charge in [-0.05, 0) is 50.1 Å². The fraction of sp³-hybridized carbons (Fsp3) is 0.462. The average Bonchev–Trinajstić information content (AvgIpc) is 2.88. The maximum atomic E-state index is 13.7. The van der Waals surface area contributed by atoms with Gasteiger partial charge in [0.2, 0.25) is 21.8 Å². The molecule has 2 rings (SSSR count). The molecule has 2 amide bonds. The van der Waals surface area contributed by atoms with E-state index in [1.54, 1.807) is 44.4 Å². The fourth-order valence-electron chi connectivity index (χ4n) is 3.56. The van der Waals surface area contributed by atoms with Crippen LogP contribution < -0.4 is 23.8 Å². The van der Waals surface area contributed by atoms with Crippen molar-refractivity contribution in [1.82, 2.24) is 10.2 Å². The Morgan fingerprint density at radius 2 is 1.54 bits per heavy atom. The number of hydrogen-bond acceptors (Lipinski definition) is 7. The molecule has 0 bridgehead atoms. The Kier molecular flexibility index (Phi) is 10.6. The molecule has 0 aliphatic carbocycles. The van der Waals surface area contributed by atoms with Gasteiger partial charge in [0.1, 0.15) is 29.8 Å². The third-order valence-electron chi connectivity index (χ3n) is 6.02. The van der Waals surface area contributed by atoms with Gasteiger partial charge in [0.25, 0.3) is 0 Å². The van der Waals surface area contributed by atoms with Crippen LogP contribution in [-0.2, 0) is 26.2 Å². The number of methoxy groups -OCH3 is 3. The lowest BCUT2D eigenvalue weighted by molar-refractivity contribution is -0.139. The standard InChI is InChI=1S/C26H37N3O7S/c1-8-18(2)27-26(31)19(3)28(16-20-9-11-21(34-4)12-10-20)25(30)17-29(37(7,32)33)23-14-13-22(35-5)15-24(23)36-6/h9-15,18-19H,8,16-17H2,1-7H3,(H,27,31)/t18-,19+/m1/s1. The molecule has 0 aromatic heterocycles. The topological polar surface area (TPSA) is 114 Å². The maximum absolute atomic E-state index is 13.7. The molecular formula is C26H37N3O7S. The molecule has 0 unspecified atom stereocenters. The van der Waals surface area contributed by atoms with Gasteiger partial charge >= 0.3 is 0 Å².